The molecule has 1 aromatic carbocycles. The molecule has 2 heterocycles. The lowest BCUT2D eigenvalue weighted by Crippen LogP contribution is -2.20. The zero-order valence-corrected chi connectivity index (χ0v) is 9.96. The molecule has 0 amide bonds. The van der Waals surface area contributed by atoms with Gasteiger partial charge in [-0.2, -0.15) is 0 Å². The predicted octanol–water partition coefficient (Wildman–Crippen LogP) is 3.16. The maximum atomic E-state index is 5.29. The molecule has 0 fully saturated rings. The average Bonchev–Trinajstić information content (AvgIpc) is 2.75. The molecule has 0 spiro atoms. The lowest BCUT2D eigenvalue weighted by atomic mass is 9.94. The highest BCUT2D eigenvalue weighted by atomic mass is 32.2. The van der Waals surface area contributed by atoms with Crippen LogP contribution in [0.3, 0.4) is 0 Å². The van der Waals surface area contributed by atoms with Gasteiger partial charge < -0.3 is 0 Å². The lowest BCUT2D eigenvalue weighted by molar-refractivity contribution is 1.25. The van der Waals surface area contributed by atoms with Crippen molar-refractivity contribution in [3.63, 3.8) is 0 Å². The van der Waals surface area contributed by atoms with Crippen LogP contribution in [0.5, 0.6) is 0 Å². The topological polar surface area (TPSA) is 24.7 Å². The molecule has 0 bridgehead atoms. The SMILES string of the molecule is S=C1N=CN=C2SC=C(c3ccccc3)C12. The van der Waals surface area contributed by atoms with Gasteiger partial charge in [0.2, 0.25) is 0 Å². The Morgan fingerprint density at radius 1 is 1.19 bits per heavy atom. The van der Waals surface area contributed by atoms with Crippen molar-refractivity contribution in [2.24, 2.45) is 15.9 Å². The molecule has 2 nitrogen and oxygen atoms in total. The van der Waals surface area contributed by atoms with E-state index in [0.29, 0.717) is 4.99 Å². The van der Waals surface area contributed by atoms with E-state index in [4.69, 9.17) is 12.2 Å². The number of benzene rings is 1. The van der Waals surface area contributed by atoms with Crippen LogP contribution in [0, 0.1) is 5.92 Å². The van der Waals surface area contributed by atoms with Crippen LogP contribution in [-0.4, -0.2) is 16.4 Å². The Kier molecular flexibility index (Phi) is 2.46. The van der Waals surface area contributed by atoms with E-state index >= 15 is 0 Å². The molecular formula is C12H8N2S2. The van der Waals surface area contributed by atoms with E-state index < -0.39 is 0 Å². The zero-order valence-electron chi connectivity index (χ0n) is 8.33. The highest BCUT2D eigenvalue weighted by molar-refractivity contribution is 8.17. The first kappa shape index (κ1) is 9.93. The molecule has 1 aromatic rings. The number of nitrogens with zero attached hydrogens (tertiary/aromatic N) is 2. The fourth-order valence-corrected chi connectivity index (χ4v) is 3.18. The summed E-state index contributed by atoms with van der Waals surface area (Å²) in [7, 11) is 0. The fourth-order valence-electron chi connectivity index (χ4n) is 1.82. The molecular weight excluding hydrogens is 236 g/mol. The van der Waals surface area contributed by atoms with Gasteiger partial charge in [-0.3, -0.25) is 0 Å². The molecule has 78 valence electrons. The van der Waals surface area contributed by atoms with Gasteiger partial charge in [-0.05, 0) is 16.5 Å². The van der Waals surface area contributed by atoms with E-state index in [0.717, 1.165) is 5.04 Å². The third-order valence-electron chi connectivity index (χ3n) is 2.59. The van der Waals surface area contributed by atoms with Crippen LogP contribution in [0.1, 0.15) is 5.56 Å². The van der Waals surface area contributed by atoms with Crippen molar-refractivity contribution in [3.8, 4) is 0 Å². The second-order valence-electron chi connectivity index (χ2n) is 3.54. The van der Waals surface area contributed by atoms with E-state index in [1.807, 2.05) is 18.2 Å². The van der Waals surface area contributed by atoms with Crippen molar-refractivity contribution in [1.82, 2.24) is 0 Å². The van der Waals surface area contributed by atoms with Crippen molar-refractivity contribution in [1.29, 1.82) is 0 Å². The summed E-state index contributed by atoms with van der Waals surface area (Å²) in [6.07, 6.45) is 1.54. The first-order valence-corrected chi connectivity index (χ1v) is 6.21. The molecule has 0 saturated carbocycles. The molecule has 2 aliphatic heterocycles. The minimum atomic E-state index is 0.0902. The highest BCUT2D eigenvalue weighted by Gasteiger charge is 2.32. The number of aliphatic imine (C=N–C) groups is 2. The van der Waals surface area contributed by atoms with Crippen LogP contribution in [0.4, 0.5) is 0 Å². The van der Waals surface area contributed by atoms with Gasteiger partial charge in [0.05, 0.1) is 11.0 Å². The van der Waals surface area contributed by atoms with Crippen LogP contribution in [0.25, 0.3) is 5.57 Å². The Morgan fingerprint density at radius 2 is 2.00 bits per heavy atom. The Bertz CT molecular complexity index is 529. The van der Waals surface area contributed by atoms with Gasteiger partial charge >= 0.3 is 0 Å². The summed E-state index contributed by atoms with van der Waals surface area (Å²) >= 11 is 6.93. The lowest BCUT2D eigenvalue weighted by Gasteiger charge is -2.16. The highest BCUT2D eigenvalue weighted by Crippen LogP contribution is 2.39. The molecule has 4 heteroatoms. The molecule has 0 saturated heterocycles. The van der Waals surface area contributed by atoms with Gasteiger partial charge in [0, 0.05) is 0 Å². The molecule has 0 aliphatic carbocycles. The van der Waals surface area contributed by atoms with E-state index in [1.54, 1.807) is 18.1 Å². The summed E-state index contributed by atoms with van der Waals surface area (Å²) in [6, 6.07) is 10.3. The smallest absolute Gasteiger partial charge is 0.119 e. The maximum Gasteiger partial charge on any atom is 0.119 e. The number of hydrogen-bond donors (Lipinski definition) is 0. The summed E-state index contributed by atoms with van der Waals surface area (Å²) in [4.78, 5) is 9.09. The van der Waals surface area contributed by atoms with Crippen LogP contribution in [0.2, 0.25) is 0 Å². The number of thioether (sulfide) groups is 1. The van der Waals surface area contributed by atoms with Gasteiger partial charge in [-0.1, -0.05) is 54.3 Å². The molecule has 0 aromatic heterocycles. The summed E-state index contributed by atoms with van der Waals surface area (Å²) in [5.74, 6) is 0.0902. The molecule has 3 rings (SSSR count). The summed E-state index contributed by atoms with van der Waals surface area (Å²) < 4.78 is 0. The van der Waals surface area contributed by atoms with Gasteiger partial charge in [-0.25, -0.2) is 9.98 Å². The van der Waals surface area contributed by atoms with E-state index in [9.17, 15) is 0 Å². The summed E-state index contributed by atoms with van der Waals surface area (Å²) in [5.41, 5.74) is 2.41. The van der Waals surface area contributed by atoms with Gasteiger partial charge in [0.1, 0.15) is 11.3 Å². The van der Waals surface area contributed by atoms with E-state index in [2.05, 4.69) is 27.5 Å². The molecule has 1 unspecified atom stereocenters. The molecule has 16 heavy (non-hydrogen) atoms. The minimum absolute atomic E-state index is 0.0902. The number of hydrogen-bond acceptors (Lipinski definition) is 3. The van der Waals surface area contributed by atoms with E-state index in [-0.39, 0.29) is 5.92 Å². The maximum absolute atomic E-state index is 5.29. The molecule has 0 N–H and O–H groups in total. The third kappa shape index (κ3) is 1.54. The fraction of sp³-hybridized carbons (Fsp3) is 0.0833. The van der Waals surface area contributed by atoms with Gasteiger partial charge in [0.15, 0.2) is 0 Å². The standard InChI is InChI=1S/C12H8N2S2/c15-11-10-9(8-4-2-1-3-5-8)6-16-12(10)14-7-13-11/h1-7,10H. The van der Waals surface area contributed by atoms with Crippen LogP contribution in [-0.2, 0) is 0 Å². The molecule has 2 aliphatic rings. The first-order valence-electron chi connectivity index (χ1n) is 4.92. The second kappa shape index (κ2) is 3.96. The average molecular weight is 244 g/mol. The van der Waals surface area contributed by atoms with Crippen molar-refractivity contribution in [3.05, 3.63) is 41.3 Å². The largest absolute Gasteiger partial charge is 0.233 e. The normalized spacial score (nSPS) is 22.8. The number of thiocarbonyl (C=S) groups is 1. The van der Waals surface area contributed by atoms with Crippen LogP contribution in [0.15, 0.2) is 45.7 Å². The third-order valence-corrected chi connectivity index (χ3v) is 3.88. The Hall–Kier alpha value is -1.26. The Balaban J connectivity index is 2.03. The van der Waals surface area contributed by atoms with Crippen molar-refractivity contribution in [2.45, 2.75) is 0 Å². The molecule has 1 atom stereocenters. The Morgan fingerprint density at radius 3 is 2.81 bits per heavy atom. The van der Waals surface area contributed by atoms with Crippen molar-refractivity contribution < 1.29 is 0 Å². The quantitative estimate of drug-likeness (QED) is 0.709. The van der Waals surface area contributed by atoms with Crippen LogP contribution < -0.4 is 0 Å². The monoisotopic (exact) mass is 244 g/mol. The minimum Gasteiger partial charge on any atom is -0.233 e. The van der Waals surface area contributed by atoms with Gasteiger partial charge in [-0.15, -0.1) is 0 Å². The number of rotatable bonds is 1. The zero-order chi connectivity index (χ0) is 11.0. The van der Waals surface area contributed by atoms with Gasteiger partial charge in [0.25, 0.3) is 0 Å². The van der Waals surface area contributed by atoms with Crippen molar-refractivity contribution >= 4 is 45.9 Å². The summed E-state index contributed by atoms with van der Waals surface area (Å²) in [6.45, 7) is 0. The van der Waals surface area contributed by atoms with Crippen LogP contribution >= 0.6 is 24.0 Å². The molecule has 0 radical (unpaired) electrons. The predicted molar refractivity (Wildman–Crippen MR) is 74.0 cm³/mol. The van der Waals surface area contributed by atoms with E-state index in [1.165, 1.54) is 11.1 Å². The number of fused-ring (bicyclic) bond motifs is 1. The summed E-state index contributed by atoms with van der Waals surface area (Å²) in [5, 5.41) is 3.17. The Labute approximate surface area is 103 Å². The second-order valence-corrected chi connectivity index (χ2v) is 4.85. The first-order chi connectivity index (χ1) is 7.86. The van der Waals surface area contributed by atoms with Crippen molar-refractivity contribution in [2.75, 3.05) is 0 Å².